The number of amides is 2. The smallest absolute Gasteiger partial charge is 0.326 e. The lowest BCUT2D eigenvalue weighted by Gasteiger charge is -2.10. The number of aliphatic carboxylic acids is 1. The molecular weight excluding hydrogens is 267 g/mol. The van der Waals surface area contributed by atoms with Crippen molar-refractivity contribution in [2.75, 3.05) is 0 Å². The van der Waals surface area contributed by atoms with Gasteiger partial charge in [-0.15, -0.1) is 0 Å². The molecule has 0 fully saturated rings. The Labute approximate surface area is 114 Å². The molecule has 0 radical (unpaired) electrons. The molecule has 0 bridgehead atoms. The summed E-state index contributed by atoms with van der Waals surface area (Å²) in [6.45, 7) is 0. The van der Waals surface area contributed by atoms with Crippen LogP contribution in [0.3, 0.4) is 0 Å². The van der Waals surface area contributed by atoms with E-state index in [0.29, 0.717) is 5.56 Å². The average molecular weight is 280 g/mol. The highest BCUT2D eigenvalue weighted by Gasteiger charge is 2.20. The molecular formula is C13H13FN2O4. The fraction of sp³-hybridized carbons (Fsp3) is 0.154. The Morgan fingerprint density at radius 1 is 1.30 bits per heavy atom. The molecule has 0 aliphatic carbocycles. The maximum atomic E-state index is 12.7. The molecule has 0 aromatic heterocycles. The van der Waals surface area contributed by atoms with Crippen LogP contribution in [0.15, 0.2) is 30.3 Å². The number of hydrogen-bond donors (Lipinski definition) is 3. The maximum Gasteiger partial charge on any atom is 0.326 e. The Morgan fingerprint density at radius 3 is 2.40 bits per heavy atom. The van der Waals surface area contributed by atoms with E-state index in [1.165, 1.54) is 30.3 Å². The van der Waals surface area contributed by atoms with Crippen molar-refractivity contribution in [1.29, 1.82) is 0 Å². The number of hydrogen-bond acceptors (Lipinski definition) is 3. The van der Waals surface area contributed by atoms with Crippen molar-refractivity contribution < 1.29 is 23.9 Å². The van der Waals surface area contributed by atoms with Crippen LogP contribution in [0.25, 0.3) is 6.08 Å². The number of nitrogens with two attached hydrogens (primary N) is 1. The summed E-state index contributed by atoms with van der Waals surface area (Å²) in [7, 11) is 0. The highest BCUT2D eigenvalue weighted by molar-refractivity contribution is 5.95. The SMILES string of the molecule is NC(=O)CC(NC(=O)/C=C/c1ccc(F)cc1)C(=O)O. The molecule has 0 heterocycles. The van der Waals surface area contributed by atoms with E-state index >= 15 is 0 Å². The van der Waals surface area contributed by atoms with Crippen LogP contribution < -0.4 is 11.1 Å². The summed E-state index contributed by atoms with van der Waals surface area (Å²) in [5.74, 6) is -3.28. The first-order chi connectivity index (χ1) is 9.38. The third-order valence-corrected chi connectivity index (χ3v) is 2.32. The van der Waals surface area contributed by atoms with Crippen molar-refractivity contribution >= 4 is 23.9 Å². The van der Waals surface area contributed by atoms with Gasteiger partial charge in [-0.1, -0.05) is 12.1 Å². The van der Waals surface area contributed by atoms with Gasteiger partial charge in [-0.25, -0.2) is 9.18 Å². The lowest BCUT2D eigenvalue weighted by atomic mass is 10.2. The molecule has 4 N–H and O–H groups in total. The maximum absolute atomic E-state index is 12.7. The predicted molar refractivity (Wildman–Crippen MR) is 68.8 cm³/mol. The zero-order valence-corrected chi connectivity index (χ0v) is 10.4. The first-order valence-corrected chi connectivity index (χ1v) is 5.63. The summed E-state index contributed by atoms with van der Waals surface area (Å²) >= 11 is 0. The third-order valence-electron chi connectivity index (χ3n) is 2.32. The summed E-state index contributed by atoms with van der Waals surface area (Å²) in [6.07, 6.45) is 1.98. The van der Waals surface area contributed by atoms with Gasteiger partial charge in [0.25, 0.3) is 0 Å². The Hall–Kier alpha value is -2.70. The molecule has 1 aromatic rings. The summed E-state index contributed by atoms with van der Waals surface area (Å²) in [5.41, 5.74) is 5.45. The van der Waals surface area contributed by atoms with Crippen LogP contribution in [0, 0.1) is 5.82 Å². The van der Waals surface area contributed by atoms with Gasteiger partial charge in [-0.05, 0) is 23.8 Å². The van der Waals surface area contributed by atoms with E-state index in [1.54, 1.807) is 0 Å². The van der Waals surface area contributed by atoms with Crippen LogP contribution in [0.1, 0.15) is 12.0 Å². The van der Waals surface area contributed by atoms with E-state index in [0.717, 1.165) is 6.08 Å². The number of primary amides is 1. The second kappa shape index (κ2) is 7.03. The Morgan fingerprint density at radius 2 is 1.90 bits per heavy atom. The van der Waals surface area contributed by atoms with Crippen LogP contribution in [-0.4, -0.2) is 28.9 Å². The molecule has 2 amide bonds. The summed E-state index contributed by atoms with van der Waals surface area (Å²) in [6, 6.07) is 3.99. The largest absolute Gasteiger partial charge is 0.480 e. The van der Waals surface area contributed by atoms with E-state index in [2.05, 4.69) is 5.32 Å². The van der Waals surface area contributed by atoms with Crippen molar-refractivity contribution in [3.05, 3.63) is 41.7 Å². The monoisotopic (exact) mass is 280 g/mol. The quantitative estimate of drug-likeness (QED) is 0.650. The molecule has 7 heteroatoms. The highest BCUT2D eigenvalue weighted by atomic mass is 19.1. The molecule has 1 aromatic carbocycles. The van der Waals surface area contributed by atoms with Crippen molar-refractivity contribution in [1.82, 2.24) is 5.32 Å². The van der Waals surface area contributed by atoms with Gasteiger partial charge in [-0.3, -0.25) is 9.59 Å². The molecule has 0 aliphatic heterocycles. The highest BCUT2D eigenvalue weighted by Crippen LogP contribution is 2.04. The number of carbonyl (C=O) groups excluding carboxylic acids is 2. The third kappa shape index (κ3) is 5.30. The van der Waals surface area contributed by atoms with Crippen LogP contribution in [0.5, 0.6) is 0 Å². The van der Waals surface area contributed by atoms with Crippen LogP contribution in [0.4, 0.5) is 4.39 Å². The molecule has 0 saturated carbocycles. The standard InChI is InChI=1S/C13H13FN2O4/c14-9-4-1-8(2-5-9)3-6-12(18)16-10(13(19)20)7-11(15)17/h1-6,10H,7H2,(H2,15,17)(H,16,18)(H,19,20)/b6-3+. The number of carboxylic acid groups (broad SMARTS) is 1. The molecule has 0 saturated heterocycles. The van der Waals surface area contributed by atoms with Gasteiger partial charge in [0.05, 0.1) is 6.42 Å². The van der Waals surface area contributed by atoms with E-state index in [1.807, 2.05) is 0 Å². The van der Waals surface area contributed by atoms with Gasteiger partial charge >= 0.3 is 5.97 Å². The van der Waals surface area contributed by atoms with Crippen molar-refractivity contribution in [2.45, 2.75) is 12.5 Å². The van der Waals surface area contributed by atoms with E-state index < -0.39 is 36.1 Å². The van der Waals surface area contributed by atoms with Crippen LogP contribution in [0.2, 0.25) is 0 Å². The fourth-order valence-corrected chi connectivity index (χ4v) is 1.37. The molecule has 0 aliphatic rings. The first-order valence-electron chi connectivity index (χ1n) is 5.63. The minimum atomic E-state index is -1.38. The topological polar surface area (TPSA) is 109 Å². The normalized spacial score (nSPS) is 12.1. The first kappa shape index (κ1) is 15.4. The molecule has 1 atom stereocenters. The second-order valence-electron chi connectivity index (χ2n) is 3.95. The molecule has 20 heavy (non-hydrogen) atoms. The van der Waals surface area contributed by atoms with Gasteiger partial charge in [0.2, 0.25) is 11.8 Å². The van der Waals surface area contributed by atoms with E-state index in [-0.39, 0.29) is 0 Å². The number of nitrogens with one attached hydrogen (secondary N) is 1. The van der Waals surface area contributed by atoms with E-state index in [4.69, 9.17) is 10.8 Å². The summed E-state index contributed by atoms with van der Waals surface area (Å²) < 4.78 is 12.7. The molecule has 106 valence electrons. The number of carboxylic acids is 1. The van der Waals surface area contributed by atoms with E-state index in [9.17, 15) is 18.8 Å². The average Bonchev–Trinajstić information content (AvgIpc) is 2.36. The van der Waals surface area contributed by atoms with Gasteiger partial charge in [0.15, 0.2) is 0 Å². The second-order valence-corrected chi connectivity index (χ2v) is 3.95. The number of carbonyl (C=O) groups is 3. The minimum Gasteiger partial charge on any atom is -0.480 e. The number of benzene rings is 1. The summed E-state index contributed by atoms with van der Waals surface area (Å²) in [4.78, 5) is 32.9. The molecule has 1 rings (SSSR count). The summed E-state index contributed by atoms with van der Waals surface area (Å²) in [5, 5.41) is 10.9. The lowest BCUT2D eigenvalue weighted by Crippen LogP contribution is -2.42. The van der Waals surface area contributed by atoms with Crippen molar-refractivity contribution in [3.63, 3.8) is 0 Å². The zero-order chi connectivity index (χ0) is 15.1. The lowest BCUT2D eigenvalue weighted by molar-refractivity contribution is -0.142. The van der Waals surface area contributed by atoms with Gasteiger partial charge in [0.1, 0.15) is 11.9 Å². The molecule has 0 spiro atoms. The minimum absolute atomic E-state index is 0.404. The molecule has 1 unspecified atom stereocenters. The van der Waals surface area contributed by atoms with Crippen LogP contribution >= 0.6 is 0 Å². The zero-order valence-electron chi connectivity index (χ0n) is 10.4. The van der Waals surface area contributed by atoms with Gasteiger partial charge < -0.3 is 16.2 Å². The Kier molecular flexibility index (Phi) is 5.40. The predicted octanol–water partition coefficient (Wildman–Crippen LogP) is 0.284. The molecule has 6 nitrogen and oxygen atoms in total. The number of halogens is 1. The van der Waals surface area contributed by atoms with Crippen molar-refractivity contribution in [2.24, 2.45) is 5.73 Å². The fourth-order valence-electron chi connectivity index (χ4n) is 1.37. The number of rotatable bonds is 6. The van der Waals surface area contributed by atoms with Crippen molar-refractivity contribution in [3.8, 4) is 0 Å². The Bertz CT molecular complexity index is 540. The van der Waals surface area contributed by atoms with Gasteiger partial charge in [-0.2, -0.15) is 0 Å². The van der Waals surface area contributed by atoms with Crippen LogP contribution in [-0.2, 0) is 14.4 Å². The Balaban J connectivity index is 2.63. The van der Waals surface area contributed by atoms with Gasteiger partial charge in [0, 0.05) is 6.08 Å².